The summed E-state index contributed by atoms with van der Waals surface area (Å²) in [5.74, 6) is 0.223. The molecular formula is C22H26BrN3O3. The molecule has 2 aromatic rings. The van der Waals surface area contributed by atoms with Gasteiger partial charge in [-0.05, 0) is 71.5 Å². The summed E-state index contributed by atoms with van der Waals surface area (Å²) in [7, 11) is 0. The van der Waals surface area contributed by atoms with Gasteiger partial charge in [-0.3, -0.25) is 9.69 Å². The predicted molar refractivity (Wildman–Crippen MR) is 116 cm³/mol. The number of nitrogens with zero attached hydrogens (tertiary/aromatic N) is 2. The SMILES string of the molecule is NC(=O)C1(N2CCCCC2)CCN(C(=O)Oc2ccc3ccccc3c2Br)CC1. The molecule has 0 spiro atoms. The third-order valence-corrected chi connectivity index (χ3v) is 7.11. The summed E-state index contributed by atoms with van der Waals surface area (Å²) < 4.78 is 6.44. The molecule has 0 aliphatic carbocycles. The monoisotopic (exact) mass is 459 g/mol. The van der Waals surface area contributed by atoms with Gasteiger partial charge in [0.25, 0.3) is 0 Å². The molecule has 0 saturated carbocycles. The van der Waals surface area contributed by atoms with Crippen LogP contribution in [0.3, 0.4) is 0 Å². The van der Waals surface area contributed by atoms with Gasteiger partial charge in [0.2, 0.25) is 5.91 Å². The van der Waals surface area contributed by atoms with Gasteiger partial charge in [-0.1, -0.05) is 36.8 Å². The maximum Gasteiger partial charge on any atom is 0.415 e. The molecule has 2 fully saturated rings. The topological polar surface area (TPSA) is 75.9 Å². The van der Waals surface area contributed by atoms with Crippen LogP contribution in [0.1, 0.15) is 32.1 Å². The number of hydrogen-bond donors (Lipinski definition) is 1. The minimum atomic E-state index is -0.638. The molecule has 2 amide bonds. The van der Waals surface area contributed by atoms with Crippen LogP contribution in [0.4, 0.5) is 4.79 Å². The maximum absolute atomic E-state index is 12.8. The van der Waals surface area contributed by atoms with Gasteiger partial charge in [0.15, 0.2) is 0 Å². The highest BCUT2D eigenvalue weighted by Gasteiger charge is 2.46. The van der Waals surface area contributed by atoms with Crippen LogP contribution >= 0.6 is 15.9 Å². The van der Waals surface area contributed by atoms with Crippen LogP contribution in [-0.4, -0.2) is 53.5 Å². The first-order valence-electron chi connectivity index (χ1n) is 10.2. The molecule has 2 aliphatic rings. The number of ether oxygens (including phenoxy) is 1. The lowest BCUT2D eigenvalue weighted by molar-refractivity contribution is -0.134. The fourth-order valence-corrected chi connectivity index (χ4v) is 5.12. The minimum Gasteiger partial charge on any atom is -0.409 e. The Hall–Kier alpha value is -2.12. The van der Waals surface area contributed by atoms with Crippen molar-refractivity contribution in [1.82, 2.24) is 9.80 Å². The van der Waals surface area contributed by atoms with E-state index in [2.05, 4.69) is 20.8 Å². The summed E-state index contributed by atoms with van der Waals surface area (Å²) >= 11 is 3.56. The zero-order chi connectivity index (χ0) is 20.4. The molecule has 0 atom stereocenters. The van der Waals surface area contributed by atoms with Crippen LogP contribution in [0.5, 0.6) is 5.75 Å². The van der Waals surface area contributed by atoms with Crippen molar-refractivity contribution >= 4 is 38.7 Å². The molecule has 0 bridgehead atoms. The largest absolute Gasteiger partial charge is 0.415 e. The minimum absolute atomic E-state index is 0.273. The van der Waals surface area contributed by atoms with Crippen molar-refractivity contribution in [1.29, 1.82) is 0 Å². The number of likely N-dealkylation sites (tertiary alicyclic amines) is 2. The Morgan fingerprint density at radius 3 is 2.34 bits per heavy atom. The Morgan fingerprint density at radius 2 is 1.66 bits per heavy atom. The Bertz CT molecular complexity index is 919. The van der Waals surface area contributed by atoms with Crippen LogP contribution < -0.4 is 10.5 Å². The molecule has 29 heavy (non-hydrogen) atoms. The van der Waals surface area contributed by atoms with Crippen molar-refractivity contribution < 1.29 is 14.3 Å². The van der Waals surface area contributed by atoms with E-state index in [4.69, 9.17) is 10.5 Å². The van der Waals surface area contributed by atoms with E-state index < -0.39 is 11.6 Å². The quantitative estimate of drug-likeness (QED) is 0.754. The van der Waals surface area contributed by atoms with Gasteiger partial charge in [-0.25, -0.2) is 4.79 Å². The Labute approximate surface area is 179 Å². The number of primary amides is 1. The zero-order valence-electron chi connectivity index (χ0n) is 16.4. The molecule has 0 aromatic heterocycles. The van der Waals surface area contributed by atoms with Gasteiger partial charge in [0, 0.05) is 13.1 Å². The second kappa shape index (κ2) is 8.32. The van der Waals surface area contributed by atoms with E-state index >= 15 is 0 Å². The van der Waals surface area contributed by atoms with Crippen LogP contribution in [-0.2, 0) is 4.79 Å². The highest BCUT2D eigenvalue weighted by molar-refractivity contribution is 9.10. The Balaban J connectivity index is 1.45. The molecule has 7 heteroatoms. The summed E-state index contributed by atoms with van der Waals surface area (Å²) in [5, 5.41) is 2.07. The Kier molecular flexibility index (Phi) is 5.79. The lowest BCUT2D eigenvalue weighted by Crippen LogP contribution is -2.63. The Morgan fingerprint density at radius 1 is 0.966 bits per heavy atom. The van der Waals surface area contributed by atoms with E-state index in [0.29, 0.717) is 31.7 Å². The molecular weight excluding hydrogens is 434 g/mol. The summed E-state index contributed by atoms with van der Waals surface area (Å²) in [6, 6.07) is 11.7. The number of benzene rings is 2. The lowest BCUT2D eigenvalue weighted by atomic mass is 9.83. The third kappa shape index (κ3) is 3.85. The fourth-order valence-electron chi connectivity index (χ4n) is 4.55. The van der Waals surface area contributed by atoms with E-state index in [1.807, 2.05) is 30.3 Å². The second-order valence-corrected chi connectivity index (χ2v) is 8.69. The van der Waals surface area contributed by atoms with Crippen LogP contribution in [0.2, 0.25) is 0 Å². The first kappa shape index (κ1) is 20.2. The molecule has 4 rings (SSSR count). The molecule has 154 valence electrons. The van der Waals surface area contributed by atoms with Crippen molar-refractivity contribution in [3.05, 3.63) is 40.9 Å². The average molecular weight is 460 g/mol. The van der Waals surface area contributed by atoms with Gasteiger partial charge in [-0.2, -0.15) is 0 Å². The number of rotatable bonds is 3. The molecule has 2 aliphatic heterocycles. The van der Waals surface area contributed by atoms with Crippen molar-refractivity contribution in [2.75, 3.05) is 26.2 Å². The van der Waals surface area contributed by atoms with Crippen LogP contribution in [0, 0.1) is 0 Å². The van der Waals surface area contributed by atoms with Crippen molar-refractivity contribution in [2.24, 2.45) is 5.73 Å². The van der Waals surface area contributed by atoms with E-state index in [0.717, 1.165) is 41.2 Å². The molecule has 0 unspecified atom stereocenters. The number of halogens is 1. The molecule has 0 radical (unpaired) electrons. The van der Waals surface area contributed by atoms with Gasteiger partial charge >= 0.3 is 6.09 Å². The van der Waals surface area contributed by atoms with Gasteiger partial charge in [-0.15, -0.1) is 0 Å². The lowest BCUT2D eigenvalue weighted by Gasteiger charge is -2.47. The van der Waals surface area contributed by atoms with Gasteiger partial charge in [0.1, 0.15) is 11.3 Å². The van der Waals surface area contributed by atoms with Crippen molar-refractivity contribution in [3.63, 3.8) is 0 Å². The van der Waals surface area contributed by atoms with Gasteiger partial charge in [0.05, 0.1) is 4.47 Å². The summed E-state index contributed by atoms with van der Waals surface area (Å²) in [5.41, 5.74) is 5.19. The molecule has 2 saturated heterocycles. The zero-order valence-corrected chi connectivity index (χ0v) is 18.0. The van der Waals surface area contributed by atoms with E-state index in [-0.39, 0.29) is 5.91 Å². The van der Waals surface area contributed by atoms with E-state index in [1.54, 1.807) is 11.0 Å². The highest BCUT2D eigenvalue weighted by atomic mass is 79.9. The molecule has 6 nitrogen and oxygen atoms in total. The highest BCUT2D eigenvalue weighted by Crippen LogP contribution is 2.35. The van der Waals surface area contributed by atoms with Crippen LogP contribution in [0.15, 0.2) is 40.9 Å². The van der Waals surface area contributed by atoms with Crippen molar-refractivity contribution in [2.45, 2.75) is 37.6 Å². The van der Waals surface area contributed by atoms with E-state index in [9.17, 15) is 9.59 Å². The van der Waals surface area contributed by atoms with E-state index in [1.165, 1.54) is 6.42 Å². The number of amides is 2. The standard InChI is InChI=1S/C22H26BrN3O3/c23-19-17-7-3-2-6-16(17)8-9-18(19)29-21(28)25-14-10-22(11-15-25,20(24)27)26-12-4-1-5-13-26/h2-3,6-9H,1,4-5,10-15H2,(H2,24,27). The average Bonchev–Trinajstić information content (AvgIpc) is 2.76. The van der Waals surface area contributed by atoms with Crippen molar-refractivity contribution in [3.8, 4) is 5.75 Å². The van der Waals surface area contributed by atoms with Crippen LogP contribution in [0.25, 0.3) is 10.8 Å². The number of hydrogen-bond acceptors (Lipinski definition) is 4. The fraction of sp³-hybridized carbons (Fsp3) is 0.455. The summed E-state index contributed by atoms with van der Waals surface area (Å²) in [6.07, 6.45) is 4.10. The number of piperidine rings is 2. The number of carbonyl (C=O) groups is 2. The summed E-state index contributed by atoms with van der Waals surface area (Å²) in [4.78, 5) is 29.0. The summed E-state index contributed by atoms with van der Waals surface area (Å²) in [6.45, 7) is 2.72. The van der Waals surface area contributed by atoms with Gasteiger partial charge < -0.3 is 15.4 Å². The normalized spacial score (nSPS) is 19.8. The number of fused-ring (bicyclic) bond motifs is 1. The number of nitrogens with two attached hydrogens (primary N) is 1. The second-order valence-electron chi connectivity index (χ2n) is 7.90. The molecule has 2 heterocycles. The first-order chi connectivity index (χ1) is 14.0. The number of carbonyl (C=O) groups excluding carboxylic acids is 2. The smallest absolute Gasteiger partial charge is 0.409 e. The third-order valence-electron chi connectivity index (χ3n) is 6.29. The molecule has 2 aromatic carbocycles. The predicted octanol–water partition coefficient (Wildman–Crippen LogP) is 3.91. The maximum atomic E-state index is 12.8. The first-order valence-corrected chi connectivity index (χ1v) is 11.0. The molecule has 2 N–H and O–H groups in total.